The van der Waals surface area contributed by atoms with Gasteiger partial charge in [-0.2, -0.15) is 0 Å². The van der Waals surface area contributed by atoms with E-state index in [1.54, 1.807) is 19.2 Å². The van der Waals surface area contributed by atoms with E-state index >= 15 is 0 Å². The number of non-ortho nitro benzene ring substituents is 1. The number of aliphatic hydroxyl groups excluding tert-OH is 1. The van der Waals surface area contributed by atoms with Gasteiger partial charge in [0.1, 0.15) is 24.2 Å². The second-order valence-corrected chi connectivity index (χ2v) is 7.01. The summed E-state index contributed by atoms with van der Waals surface area (Å²) in [5.41, 5.74) is 0.901. The Balaban J connectivity index is 1.80. The van der Waals surface area contributed by atoms with Crippen LogP contribution in [0.5, 0.6) is 11.5 Å². The number of β-amino-alcohol motifs (C(OH)–C–C–N with tert-alkyl or cyclic N) is 1. The van der Waals surface area contributed by atoms with Crippen LogP contribution in [0.4, 0.5) is 5.69 Å². The van der Waals surface area contributed by atoms with Crippen molar-refractivity contribution in [3.05, 3.63) is 64.2 Å². The Morgan fingerprint density at radius 3 is 2.52 bits per heavy atom. The molecule has 0 saturated heterocycles. The van der Waals surface area contributed by atoms with E-state index in [-0.39, 0.29) is 17.8 Å². The van der Waals surface area contributed by atoms with Crippen molar-refractivity contribution in [1.82, 2.24) is 5.32 Å². The minimum Gasteiger partial charge on any atom is -0.497 e. The second kappa shape index (κ2) is 9.34. The number of aliphatic hydroxyl groups is 1. The van der Waals surface area contributed by atoms with E-state index in [0.29, 0.717) is 12.3 Å². The highest BCUT2D eigenvalue weighted by Gasteiger charge is 2.19. The summed E-state index contributed by atoms with van der Waals surface area (Å²) in [6.07, 6.45) is 0.0505. The van der Waals surface area contributed by atoms with E-state index in [0.717, 1.165) is 17.7 Å². The van der Waals surface area contributed by atoms with Gasteiger partial charge >= 0.3 is 0 Å². The smallest absolute Gasteiger partial charge is 0.273 e. The molecule has 0 amide bonds. The summed E-state index contributed by atoms with van der Waals surface area (Å²) < 4.78 is 10.6. The molecule has 0 fully saturated rings. The third-order valence-corrected chi connectivity index (χ3v) is 4.09. The average Bonchev–Trinajstić information content (AvgIpc) is 2.65. The lowest BCUT2D eigenvalue weighted by Gasteiger charge is -2.28. The Morgan fingerprint density at radius 1 is 1.19 bits per heavy atom. The molecule has 0 radical (unpaired) electrons. The summed E-state index contributed by atoms with van der Waals surface area (Å²) in [5.74, 6) is 1.18. The van der Waals surface area contributed by atoms with Gasteiger partial charge in [0.25, 0.3) is 5.69 Å². The van der Waals surface area contributed by atoms with Crippen molar-refractivity contribution >= 4 is 5.69 Å². The van der Waals surface area contributed by atoms with Gasteiger partial charge in [-0.25, -0.2) is 0 Å². The fourth-order valence-electron chi connectivity index (χ4n) is 2.65. The molecule has 1 unspecified atom stereocenters. The molecule has 7 heteroatoms. The topological polar surface area (TPSA) is 93.9 Å². The normalized spacial score (nSPS) is 12.4. The van der Waals surface area contributed by atoms with Gasteiger partial charge in [0.05, 0.1) is 18.1 Å². The zero-order valence-corrected chi connectivity index (χ0v) is 15.8. The van der Waals surface area contributed by atoms with Crippen LogP contribution in [-0.2, 0) is 6.42 Å². The van der Waals surface area contributed by atoms with E-state index in [4.69, 9.17) is 9.47 Å². The molecule has 2 aromatic rings. The number of hydrogen-bond acceptors (Lipinski definition) is 6. The van der Waals surface area contributed by atoms with Gasteiger partial charge in [0.2, 0.25) is 0 Å². The maximum absolute atomic E-state index is 10.8. The molecule has 2 N–H and O–H groups in total. The van der Waals surface area contributed by atoms with Gasteiger partial charge in [-0.1, -0.05) is 18.2 Å². The number of rotatable bonds is 10. The van der Waals surface area contributed by atoms with Gasteiger partial charge < -0.3 is 19.9 Å². The van der Waals surface area contributed by atoms with Crippen molar-refractivity contribution in [1.29, 1.82) is 0 Å². The first-order valence-corrected chi connectivity index (χ1v) is 8.72. The summed E-state index contributed by atoms with van der Waals surface area (Å²) in [7, 11) is 1.64. The Kier molecular flexibility index (Phi) is 7.15. The highest BCUT2D eigenvalue weighted by molar-refractivity contribution is 5.37. The molecule has 0 aliphatic rings. The summed E-state index contributed by atoms with van der Waals surface area (Å²) in [5, 5.41) is 24.3. The lowest BCUT2D eigenvalue weighted by Crippen LogP contribution is -2.46. The van der Waals surface area contributed by atoms with Crippen LogP contribution in [0.1, 0.15) is 19.4 Å². The fourth-order valence-corrected chi connectivity index (χ4v) is 2.65. The molecule has 0 saturated carbocycles. The highest BCUT2D eigenvalue weighted by atomic mass is 16.6. The van der Waals surface area contributed by atoms with Crippen molar-refractivity contribution in [2.75, 3.05) is 20.3 Å². The van der Waals surface area contributed by atoms with Gasteiger partial charge in [-0.05, 0) is 44.0 Å². The second-order valence-electron chi connectivity index (χ2n) is 7.01. The molecule has 0 aromatic heterocycles. The molecule has 7 nitrogen and oxygen atoms in total. The molecule has 0 spiro atoms. The molecule has 146 valence electrons. The number of nitrogens with one attached hydrogen (secondary N) is 1. The average molecular weight is 374 g/mol. The first kappa shape index (κ1) is 20.7. The van der Waals surface area contributed by atoms with Crippen molar-refractivity contribution in [3.63, 3.8) is 0 Å². The molecule has 0 aliphatic carbocycles. The van der Waals surface area contributed by atoms with E-state index in [1.807, 2.05) is 24.3 Å². The number of benzene rings is 2. The maximum Gasteiger partial charge on any atom is 0.273 e. The van der Waals surface area contributed by atoms with Crippen LogP contribution < -0.4 is 14.8 Å². The first-order chi connectivity index (χ1) is 12.8. The van der Waals surface area contributed by atoms with Crippen LogP contribution in [0, 0.1) is 10.1 Å². The van der Waals surface area contributed by atoms with Crippen LogP contribution in [0.25, 0.3) is 0 Å². The van der Waals surface area contributed by atoms with Crippen molar-refractivity contribution in [2.24, 2.45) is 0 Å². The Morgan fingerprint density at radius 2 is 1.89 bits per heavy atom. The Hall–Kier alpha value is -2.64. The summed E-state index contributed by atoms with van der Waals surface area (Å²) in [4.78, 5) is 10.3. The number of nitro groups is 1. The van der Waals surface area contributed by atoms with E-state index < -0.39 is 11.0 Å². The van der Waals surface area contributed by atoms with Crippen LogP contribution in [0.15, 0.2) is 48.5 Å². The number of nitro benzene ring substituents is 1. The van der Waals surface area contributed by atoms with Crippen molar-refractivity contribution < 1.29 is 19.5 Å². The standard InChI is InChI=1S/C20H26N2O5/c1-20(2,12-15-7-9-18(26-3)10-8-15)21-13-17(23)14-27-19-6-4-5-16(11-19)22(24)25/h4-11,17,21,23H,12-14H2,1-3H3. The van der Waals surface area contributed by atoms with Crippen LogP contribution in [-0.4, -0.2) is 41.9 Å². The molecule has 27 heavy (non-hydrogen) atoms. The molecular weight excluding hydrogens is 348 g/mol. The predicted octanol–water partition coefficient (Wildman–Crippen LogP) is 2.95. The lowest BCUT2D eigenvalue weighted by atomic mass is 9.94. The van der Waals surface area contributed by atoms with Crippen molar-refractivity contribution in [2.45, 2.75) is 31.9 Å². The van der Waals surface area contributed by atoms with Gasteiger partial charge in [0.15, 0.2) is 0 Å². The third kappa shape index (κ3) is 6.88. The number of hydrogen-bond donors (Lipinski definition) is 2. The molecular formula is C20H26N2O5. The predicted molar refractivity (Wildman–Crippen MR) is 103 cm³/mol. The molecule has 2 aromatic carbocycles. The largest absolute Gasteiger partial charge is 0.497 e. The van der Waals surface area contributed by atoms with Gasteiger partial charge in [0, 0.05) is 18.2 Å². The molecule has 1 atom stereocenters. The quantitative estimate of drug-likeness (QED) is 0.490. The SMILES string of the molecule is COc1ccc(CC(C)(C)NCC(O)COc2cccc([N+](=O)[O-])c2)cc1. The maximum atomic E-state index is 10.8. The molecule has 0 bridgehead atoms. The third-order valence-electron chi connectivity index (χ3n) is 4.09. The summed E-state index contributed by atoms with van der Waals surface area (Å²) in [6.45, 7) is 4.52. The van der Waals surface area contributed by atoms with E-state index in [1.165, 1.54) is 12.1 Å². The monoisotopic (exact) mass is 374 g/mol. The van der Waals surface area contributed by atoms with Crippen molar-refractivity contribution in [3.8, 4) is 11.5 Å². The molecule has 0 heterocycles. The molecule has 2 rings (SSSR count). The van der Waals surface area contributed by atoms with Crippen LogP contribution >= 0.6 is 0 Å². The number of ether oxygens (including phenoxy) is 2. The van der Waals surface area contributed by atoms with Gasteiger partial charge in [-0.15, -0.1) is 0 Å². The summed E-state index contributed by atoms with van der Waals surface area (Å²) in [6, 6.07) is 13.8. The minimum absolute atomic E-state index is 0.0410. The fraction of sp³-hybridized carbons (Fsp3) is 0.400. The summed E-state index contributed by atoms with van der Waals surface area (Å²) >= 11 is 0. The Bertz CT molecular complexity index is 746. The Labute approximate surface area is 159 Å². The zero-order valence-electron chi connectivity index (χ0n) is 15.8. The minimum atomic E-state index is -0.737. The number of methoxy groups -OCH3 is 1. The lowest BCUT2D eigenvalue weighted by molar-refractivity contribution is -0.384. The van der Waals surface area contributed by atoms with Crippen LogP contribution in [0.2, 0.25) is 0 Å². The number of nitrogens with zero attached hydrogens (tertiary/aromatic N) is 1. The highest BCUT2D eigenvalue weighted by Crippen LogP contribution is 2.19. The van der Waals surface area contributed by atoms with Crippen LogP contribution in [0.3, 0.4) is 0 Å². The van der Waals surface area contributed by atoms with E-state index in [2.05, 4.69) is 19.2 Å². The van der Waals surface area contributed by atoms with E-state index in [9.17, 15) is 15.2 Å². The van der Waals surface area contributed by atoms with Gasteiger partial charge in [-0.3, -0.25) is 10.1 Å². The first-order valence-electron chi connectivity index (χ1n) is 8.72. The zero-order chi connectivity index (χ0) is 19.9. The molecule has 0 aliphatic heterocycles.